The summed E-state index contributed by atoms with van der Waals surface area (Å²) >= 11 is 6.28. The first-order valence-electron chi connectivity index (χ1n) is 11.0. The lowest BCUT2D eigenvalue weighted by Gasteiger charge is -2.35. The molecule has 5 nitrogen and oxygen atoms in total. The number of rotatable bonds is 4. The molecule has 3 aromatic rings. The largest absolute Gasteiger partial charge is 0.497 e. The highest BCUT2D eigenvalue weighted by atomic mass is 35.5. The minimum absolute atomic E-state index is 0.239. The van der Waals surface area contributed by atoms with Gasteiger partial charge in [0.05, 0.1) is 13.7 Å². The summed E-state index contributed by atoms with van der Waals surface area (Å²) in [6.07, 6.45) is 5.31. The van der Waals surface area contributed by atoms with Crippen LogP contribution in [-0.4, -0.2) is 36.2 Å². The summed E-state index contributed by atoms with van der Waals surface area (Å²) < 4.78 is 11.1. The molecule has 5 rings (SSSR count). The number of methoxy groups -OCH3 is 1. The molecule has 1 atom stereocenters. The minimum Gasteiger partial charge on any atom is -0.497 e. The van der Waals surface area contributed by atoms with Gasteiger partial charge in [0.25, 0.3) is 0 Å². The van der Waals surface area contributed by atoms with Gasteiger partial charge in [-0.1, -0.05) is 36.6 Å². The van der Waals surface area contributed by atoms with E-state index in [1.165, 1.54) is 18.4 Å². The number of halogens is 1. The number of nitrogens with zero attached hydrogens (tertiary/aromatic N) is 1. The molecule has 6 heteroatoms. The molecule has 2 aliphatic rings. The fraction of sp³-hybridized carbons (Fsp3) is 0.400. The van der Waals surface area contributed by atoms with Crippen LogP contribution < -0.4 is 4.74 Å². The molecule has 0 spiro atoms. The van der Waals surface area contributed by atoms with E-state index in [1.54, 1.807) is 7.11 Å². The van der Waals surface area contributed by atoms with Gasteiger partial charge in [-0.2, -0.15) is 0 Å². The lowest BCUT2D eigenvalue weighted by Crippen LogP contribution is -2.41. The number of aromatic nitrogens is 1. The highest BCUT2D eigenvalue weighted by Crippen LogP contribution is 2.40. The van der Waals surface area contributed by atoms with E-state index in [9.17, 15) is 4.79 Å². The van der Waals surface area contributed by atoms with Crippen molar-refractivity contribution in [1.82, 2.24) is 9.88 Å². The minimum atomic E-state index is -0.241. The van der Waals surface area contributed by atoms with Gasteiger partial charge in [-0.05, 0) is 66.6 Å². The molecule has 0 bridgehead atoms. The topological polar surface area (TPSA) is 54.6 Å². The normalized spacial score (nSPS) is 18.9. The highest BCUT2D eigenvalue weighted by Gasteiger charge is 2.36. The third kappa shape index (κ3) is 3.87. The summed E-state index contributed by atoms with van der Waals surface area (Å²) in [6, 6.07) is 13.6. The Labute approximate surface area is 187 Å². The fourth-order valence-corrected chi connectivity index (χ4v) is 5.21. The van der Waals surface area contributed by atoms with E-state index >= 15 is 0 Å². The van der Waals surface area contributed by atoms with Gasteiger partial charge in [-0.3, -0.25) is 4.90 Å². The first-order chi connectivity index (χ1) is 15.1. The molecule has 2 heterocycles. The number of amides is 1. The molecule has 1 aliphatic carbocycles. The molecule has 1 amide bonds. The van der Waals surface area contributed by atoms with E-state index in [1.807, 2.05) is 47.4 Å². The standard InChI is InChI=1S/C25H27ClN2O3/c1-30-19-9-6-17(7-10-19)24-23-20(21-14-18(26)8-11-22(21)27-23)12-13-28(24)25(29)31-15-16-4-2-3-5-16/h6-11,14,16,24,27H,2-5,12-13,15H2,1H3/t24-/m0/s1. The molecule has 0 saturated heterocycles. The van der Waals surface area contributed by atoms with Crippen molar-refractivity contribution < 1.29 is 14.3 Å². The van der Waals surface area contributed by atoms with E-state index < -0.39 is 0 Å². The summed E-state index contributed by atoms with van der Waals surface area (Å²) in [5.41, 5.74) is 4.32. The van der Waals surface area contributed by atoms with Crippen molar-refractivity contribution in [3.8, 4) is 5.75 Å². The lowest BCUT2D eigenvalue weighted by molar-refractivity contribution is 0.0763. The Bertz CT molecular complexity index is 1090. The van der Waals surface area contributed by atoms with Crippen molar-refractivity contribution in [3.63, 3.8) is 0 Å². The molecule has 1 N–H and O–H groups in total. The van der Waals surface area contributed by atoms with Crippen LogP contribution in [0.5, 0.6) is 5.75 Å². The third-order valence-corrected chi connectivity index (χ3v) is 6.91. The smallest absolute Gasteiger partial charge is 0.410 e. The third-order valence-electron chi connectivity index (χ3n) is 6.67. The summed E-state index contributed by atoms with van der Waals surface area (Å²) in [7, 11) is 1.65. The Balaban J connectivity index is 1.51. The molecule has 0 unspecified atom stereocenters. The van der Waals surface area contributed by atoms with Gasteiger partial charge in [0.15, 0.2) is 0 Å². The molecule has 1 aliphatic heterocycles. The second kappa shape index (κ2) is 8.46. The van der Waals surface area contributed by atoms with Crippen molar-refractivity contribution in [2.45, 2.75) is 38.1 Å². The van der Waals surface area contributed by atoms with Crippen molar-refractivity contribution in [1.29, 1.82) is 0 Å². The van der Waals surface area contributed by atoms with Crippen LogP contribution in [0.25, 0.3) is 10.9 Å². The predicted octanol–water partition coefficient (Wildman–Crippen LogP) is 6.10. The average molecular weight is 439 g/mol. The number of hydrogen-bond acceptors (Lipinski definition) is 3. The van der Waals surface area contributed by atoms with Crippen LogP contribution in [0.15, 0.2) is 42.5 Å². The Morgan fingerprint density at radius 2 is 1.94 bits per heavy atom. The van der Waals surface area contributed by atoms with Gasteiger partial charge in [-0.15, -0.1) is 0 Å². The predicted molar refractivity (Wildman–Crippen MR) is 122 cm³/mol. The fourth-order valence-electron chi connectivity index (χ4n) is 5.04. The number of carbonyl (C=O) groups excluding carboxylic acids is 1. The number of H-pyrrole nitrogens is 1. The molecule has 1 fully saturated rings. The molecule has 0 radical (unpaired) electrons. The second-order valence-electron chi connectivity index (χ2n) is 8.55. The van der Waals surface area contributed by atoms with E-state index in [4.69, 9.17) is 21.1 Å². The SMILES string of the molecule is COc1ccc([C@H]2c3[nH]c4ccc(Cl)cc4c3CCN2C(=O)OCC2CCCC2)cc1. The average Bonchev–Trinajstić information content (AvgIpc) is 3.44. The van der Waals surface area contributed by atoms with Crippen LogP contribution in [0.4, 0.5) is 4.79 Å². The van der Waals surface area contributed by atoms with Crippen molar-refractivity contribution in [3.05, 3.63) is 64.3 Å². The zero-order chi connectivity index (χ0) is 21.4. The van der Waals surface area contributed by atoms with Crippen LogP contribution in [0.2, 0.25) is 5.02 Å². The maximum atomic E-state index is 13.2. The Hall–Kier alpha value is -2.66. The van der Waals surface area contributed by atoms with Crippen molar-refractivity contribution in [2.24, 2.45) is 5.92 Å². The van der Waals surface area contributed by atoms with Gasteiger partial charge in [0.2, 0.25) is 0 Å². The van der Waals surface area contributed by atoms with Crippen LogP contribution >= 0.6 is 11.6 Å². The van der Waals surface area contributed by atoms with Crippen LogP contribution in [0.1, 0.15) is 48.5 Å². The number of carbonyl (C=O) groups is 1. The maximum absolute atomic E-state index is 13.2. The summed E-state index contributed by atoms with van der Waals surface area (Å²) in [5, 5.41) is 1.84. The van der Waals surface area contributed by atoms with Crippen LogP contribution in [0.3, 0.4) is 0 Å². The number of fused-ring (bicyclic) bond motifs is 3. The monoisotopic (exact) mass is 438 g/mol. The summed E-state index contributed by atoms with van der Waals surface area (Å²) in [4.78, 5) is 18.6. The highest BCUT2D eigenvalue weighted by molar-refractivity contribution is 6.31. The first-order valence-corrected chi connectivity index (χ1v) is 11.4. The zero-order valence-corrected chi connectivity index (χ0v) is 18.5. The van der Waals surface area contributed by atoms with E-state index in [2.05, 4.69) is 4.98 Å². The Morgan fingerprint density at radius 3 is 2.68 bits per heavy atom. The number of benzene rings is 2. The quantitative estimate of drug-likeness (QED) is 0.535. The molecule has 31 heavy (non-hydrogen) atoms. The maximum Gasteiger partial charge on any atom is 0.410 e. The second-order valence-corrected chi connectivity index (χ2v) is 8.99. The van der Waals surface area contributed by atoms with Crippen molar-refractivity contribution in [2.75, 3.05) is 20.3 Å². The Kier molecular flexibility index (Phi) is 5.53. The lowest BCUT2D eigenvalue weighted by atomic mass is 9.92. The van der Waals surface area contributed by atoms with Crippen LogP contribution in [-0.2, 0) is 11.2 Å². The summed E-state index contributed by atoms with van der Waals surface area (Å²) in [6.45, 7) is 1.12. The number of aromatic amines is 1. The molecule has 1 aromatic heterocycles. The molecule has 2 aromatic carbocycles. The molecule has 1 saturated carbocycles. The van der Waals surface area contributed by atoms with E-state index in [0.29, 0.717) is 24.1 Å². The molecule has 162 valence electrons. The molecular formula is C25H27ClN2O3. The summed E-state index contributed by atoms with van der Waals surface area (Å²) in [5.74, 6) is 1.29. The van der Waals surface area contributed by atoms with Gasteiger partial charge in [-0.25, -0.2) is 4.79 Å². The number of hydrogen-bond donors (Lipinski definition) is 1. The molecular weight excluding hydrogens is 412 g/mol. The first kappa shape index (κ1) is 20.3. The van der Waals surface area contributed by atoms with Gasteiger partial charge < -0.3 is 14.5 Å². The van der Waals surface area contributed by atoms with Gasteiger partial charge in [0, 0.05) is 28.2 Å². The number of nitrogens with one attached hydrogen (secondary N) is 1. The van der Waals surface area contributed by atoms with E-state index in [0.717, 1.165) is 47.2 Å². The zero-order valence-electron chi connectivity index (χ0n) is 17.7. The Morgan fingerprint density at radius 1 is 1.16 bits per heavy atom. The van der Waals surface area contributed by atoms with Crippen molar-refractivity contribution >= 4 is 28.6 Å². The van der Waals surface area contributed by atoms with E-state index in [-0.39, 0.29) is 12.1 Å². The van der Waals surface area contributed by atoms with Gasteiger partial charge >= 0.3 is 6.09 Å². The van der Waals surface area contributed by atoms with Gasteiger partial charge in [0.1, 0.15) is 11.8 Å². The number of ether oxygens (including phenoxy) is 2. The van der Waals surface area contributed by atoms with Crippen LogP contribution in [0, 0.1) is 5.92 Å².